The summed E-state index contributed by atoms with van der Waals surface area (Å²) in [4.78, 5) is 26.7. The highest BCUT2D eigenvalue weighted by molar-refractivity contribution is 7.98. The van der Waals surface area contributed by atoms with E-state index in [0.29, 0.717) is 12.2 Å². The van der Waals surface area contributed by atoms with Crippen LogP contribution in [0.15, 0.2) is 53.4 Å². The first-order valence-corrected chi connectivity index (χ1v) is 9.35. The molecule has 0 radical (unpaired) electrons. The Morgan fingerprint density at radius 3 is 2.72 bits per heavy atom. The molecule has 6 heteroatoms. The van der Waals surface area contributed by atoms with Crippen molar-refractivity contribution >= 4 is 35.0 Å². The summed E-state index contributed by atoms with van der Waals surface area (Å²) in [7, 11) is 0. The van der Waals surface area contributed by atoms with Gasteiger partial charge in [-0.15, -0.1) is 11.8 Å². The molecule has 130 valence electrons. The van der Waals surface area contributed by atoms with E-state index in [1.54, 1.807) is 28.8 Å². The van der Waals surface area contributed by atoms with Gasteiger partial charge in [-0.25, -0.2) is 0 Å². The molecule has 1 aliphatic heterocycles. The lowest BCUT2D eigenvalue weighted by Gasteiger charge is -2.16. The lowest BCUT2D eigenvalue weighted by Crippen LogP contribution is -2.24. The maximum atomic E-state index is 12.0. The van der Waals surface area contributed by atoms with E-state index in [2.05, 4.69) is 5.32 Å². The van der Waals surface area contributed by atoms with Gasteiger partial charge in [0.1, 0.15) is 5.75 Å². The summed E-state index contributed by atoms with van der Waals surface area (Å²) in [6.45, 7) is 0.649. The third kappa shape index (κ3) is 4.54. The van der Waals surface area contributed by atoms with Gasteiger partial charge in [0.05, 0.1) is 0 Å². The van der Waals surface area contributed by atoms with Crippen molar-refractivity contribution in [2.45, 2.75) is 17.7 Å². The van der Waals surface area contributed by atoms with Gasteiger partial charge in [-0.2, -0.15) is 0 Å². The Kier molecular flexibility index (Phi) is 5.60. The summed E-state index contributed by atoms with van der Waals surface area (Å²) >= 11 is 1.65. The number of amides is 2. The van der Waals surface area contributed by atoms with Crippen molar-refractivity contribution in [2.24, 2.45) is 0 Å². The number of carbonyl (C=O) groups excluding carboxylic acids is 2. The predicted octanol–water partition coefficient (Wildman–Crippen LogP) is 3.55. The first-order chi connectivity index (χ1) is 12.2. The minimum absolute atomic E-state index is 0.0817. The quantitative estimate of drug-likeness (QED) is 0.804. The predicted molar refractivity (Wildman–Crippen MR) is 100 cm³/mol. The number of rotatable bonds is 6. The first-order valence-electron chi connectivity index (χ1n) is 8.13. The van der Waals surface area contributed by atoms with Crippen molar-refractivity contribution in [1.82, 2.24) is 0 Å². The second-order valence-electron chi connectivity index (χ2n) is 5.71. The summed E-state index contributed by atoms with van der Waals surface area (Å²) in [5, 5.41) is 2.80. The number of benzene rings is 2. The number of hydrogen-bond donors (Lipinski definition) is 1. The van der Waals surface area contributed by atoms with E-state index in [0.717, 1.165) is 29.2 Å². The van der Waals surface area contributed by atoms with Crippen LogP contribution in [0.1, 0.15) is 12.8 Å². The van der Waals surface area contributed by atoms with E-state index in [9.17, 15) is 9.59 Å². The molecule has 2 amide bonds. The van der Waals surface area contributed by atoms with E-state index >= 15 is 0 Å². The number of ether oxygens (including phenoxy) is 1. The van der Waals surface area contributed by atoms with Gasteiger partial charge in [-0.05, 0) is 49.1 Å². The minimum Gasteiger partial charge on any atom is -0.484 e. The molecule has 25 heavy (non-hydrogen) atoms. The SMILES string of the molecule is CSc1ccc(NC(=O)COc2cccc(N3CCCC3=O)c2)cc1. The molecule has 0 aliphatic carbocycles. The van der Waals surface area contributed by atoms with Gasteiger partial charge in [0.25, 0.3) is 5.91 Å². The van der Waals surface area contributed by atoms with Crippen LogP contribution in [0.2, 0.25) is 0 Å². The molecule has 5 nitrogen and oxygen atoms in total. The van der Waals surface area contributed by atoms with Crippen LogP contribution in [-0.2, 0) is 9.59 Å². The highest BCUT2D eigenvalue weighted by Gasteiger charge is 2.21. The first kappa shape index (κ1) is 17.4. The zero-order chi connectivity index (χ0) is 17.6. The molecule has 1 saturated heterocycles. The minimum atomic E-state index is -0.223. The maximum absolute atomic E-state index is 12.0. The van der Waals surface area contributed by atoms with Gasteiger partial charge in [0, 0.05) is 35.3 Å². The van der Waals surface area contributed by atoms with Gasteiger partial charge in [0.15, 0.2) is 6.61 Å². The summed E-state index contributed by atoms with van der Waals surface area (Å²) in [5.41, 5.74) is 1.55. The van der Waals surface area contributed by atoms with E-state index in [4.69, 9.17) is 4.74 Å². The number of nitrogens with zero attached hydrogens (tertiary/aromatic N) is 1. The van der Waals surface area contributed by atoms with E-state index in [1.165, 1.54) is 0 Å². The Balaban J connectivity index is 1.55. The van der Waals surface area contributed by atoms with Gasteiger partial charge in [-0.3, -0.25) is 9.59 Å². The Morgan fingerprint density at radius 2 is 2.04 bits per heavy atom. The Hall–Kier alpha value is -2.47. The molecule has 0 unspecified atom stereocenters. The molecule has 0 saturated carbocycles. The van der Waals surface area contributed by atoms with Crippen molar-refractivity contribution < 1.29 is 14.3 Å². The zero-order valence-corrected chi connectivity index (χ0v) is 14.8. The average molecular weight is 356 g/mol. The number of carbonyl (C=O) groups is 2. The molecule has 0 atom stereocenters. The van der Waals surface area contributed by atoms with Crippen molar-refractivity contribution in [2.75, 3.05) is 29.6 Å². The number of anilines is 2. The molecule has 1 heterocycles. The van der Waals surface area contributed by atoms with Crippen LogP contribution < -0.4 is 15.0 Å². The smallest absolute Gasteiger partial charge is 0.262 e. The fourth-order valence-corrected chi connectivity index (χ4v) is 3.09. The van der Waals surface area contributed by atoms with Crippen LogP contribution in [0, 0.1) is 0 Å². The van der Waals surface area contributed by atoms with Crippen LogP contribution in [0.25, 0.3) is 0 Å². The summed E-state index contributed by atoms with van der Waals surface area (Å²) in [5.74, 6) is 0.480. The second-order valence-corrected chi connectivity index (χ2v) is 6.59. The molecule has 1 fully saturated rings. The average Bonchev–Trinajstić information content (AvgIpc) is 3.07. The fraction of sp³-hybridized carbons (Fsp3) is 0.263. The van der Waals surface area contributed by atoms with Crippen LogP contribution >= 0.6 is 11.8 Å². The van der Waals surface area contributed by atoms with Crippen LogP contribution in [-0.4, -0.2) is 31.2 Å². The highest BCUT2D eigenvalue weighted by Crippen LogP contribution is 2.25. The lowest BCUT2D eigenvalue weighted by molar-refractivity contribution is -0.118. The molecular formula is C19H20N2O3S. The third-order valence-corrected chi connectivity index (χ3v) is 4.69. The van der Waals surface area contributed by atoms with Crippen molar-refractivity contribution in [1.29, 1.82) is 0 Å². The van der Waals surface area contributed by atoms with E-state index < -0.39 is 0 Å². The fourth-order valence-electron chi connectivity index (χ4n) is 2.68. The Morgan fingerprint density at radius 1 is 1.24 bits per heavy atom. The van der Waals surface area contributed by atoms with Gasteiger partial charge in [0.2, 0.25) is 5.91 Å². The topological polar surface area (TPSA) is 58.6 Å². The van der Waals surface area contributed by atoms with E-state index in [1.807, 2.05) is 42.7 Å². The maximum Gasteiger partial charge on any atom is 0.262 e. The Labute approximate surface area is 151 Å². The molecule has 0 spiro atoms. The molecular weight excluding hydrogens is 336 g/mol. The monoisotopic (exact) mass is 356 g/mol. The number of hydrogen-bond acceptors (Lipinski definition) is 4. The molecule has 2 aromatic rings. The molecule has 0 aromatic heterocycles. The largest absolute Gasteiger partial charge is 0.484 e. The van der Waals surface area contributed by atoms with Gasteiger partial charge in [-0.1, -0.05) is 6.07 Å². The lowest BCUT2D eigenvalue weighted by atomic mass is 10.3. The summed E-state index contributed by atoms with van der Waals surface area (Å²) in [6.07, 6.45) is 3.47. The van der Waals surface area contributed by atoms with Gasteiger partial charge >= 0.3 is 0 Å². The van der Waals surface area contributed by atoms with Gasteiger partial charge < -0.3 is 15.0 Å². The van der Waals surface area contributed by atoms with Crippen LogP contribution in [0.3, 0.4) is 0 Å². The highest BCUT2D eigenvalue weighted by atomic mass is 32.2. The van der Waals surface area contributed by atoms with E-state index in [-0.39, 0.29) is 18.4 Å². The summed E-state index contributed by atoms with van der Waals surface area (Å²) < 4.78 is 5.57. The van der Waals surface area contributed by atoms with Crippen LogP contribution in [0.4, 0.5) is 11.4 Å². The van der Waals surface area contributed by atoms with Crippen molar-refractivity contribution in [3.05, 3.63) is 48.5 Å². The Bertz CT molecular complexity index is 762. The van der Waals surface area contributed by atoms with Crippen LogP contribution in [0.5, 0.6) is 5.75 Å². The standard InChI is InChI=1S/C19H20N2O3S/c1-25-17-9-7-14(8-10-17)20-18(22)13-24-16-5-2-4-15(12-16)21-11-3-6-19(21)23/h2,4-5,7-10,12H,3,6,11,13H2,1H3,(H,20,22). The normalized spacial score (nSPS) is 13.8. The number of nitrogens with one attached hydrogen (secondary N) is 1. The molecule has 2 aromatic carbocycles. The molecule has 1 aliphatic rings. The van der Waals surface area contributed by atoms with Crippen molar-refractivity contribution in [3.8, 4) is 5.75 Å². The molecule has 0 bridgehead atoms. The molecule has 3 rings (SSSR count). The molecule has 1 N–H and O–H groups in total. The van der Waals surface area contributed by atoms with Crippen molar-refractivity contribution in [3.63, 3.8) is 0 Å². The summed E-state index contributed by atoms with van der Waals surface area (Å²) in [6, 6.07) is 14.9. The number of thioether (sulfide) groups is 1. The second kappa shape index (κ2) is 8.07. The third-order valence-electron chi connectivity index (χ3n) is 3.95. The zero-order valence-electron chi connectivity index (χ0n) is 14.0.